The number of amides is 1. The number of nitrogens with one attached hydrogen (secondary N) is 1. The Kier molecular flexibility index (Phi) is 5.37. The zero-order valence-corrected chi connectivity index (χ0v) is 16.7. The molecule has 4 rings (SSSR count). The molecule has 2 aromatic heterocycles. The fraction of sp³-hybridized carbons (Fsp3) is 0.143. The van der Waals surface area contributed by atoms with Crippen molar-refractivity contribution in [3.63, 3.8) is 0 Å². The lowest BCUT2D eigenvalue weighted by molar-refractivity contribution is -0.122. The highest BCUT2D eigenvalue weighted by Gasteiger charge is 2.16. The van der Waals surface area contributed by atoms with Crippen LogP contribution in [0.5, 0.6) is 0 Å². The maximum Gasteiger partial charge on any atom is 0.294 e. The van der Waals surface area contributed by atoms with Crippen LogP contribution in [0.15, 0.2) is 53.3 Å². The molecular weight excluding hydrogens is 410 g/mol. The first-order valence-corrected chi connectivity index (χ1v) is 9.88. The lowest BCUT2D eigenvalue weighted by atomic mass is 10.2. The predicted octanol–water partition coefficient (Wildman–Crippen LogP) is 3.42. The van der Waals surface area contributed by atoms with E-state index in [1.54, 1.807) is 6.92 Å². The van der Waals surface area contributed by atoms with Gasteiger partial charge in [-0.05, 0) is 24.6 Å². The molecule has 2 heterocycles. The van der Waals surface area contributed by atoms with E-state index in [1.165, 1.54) is 11.3 Å². The lowest BCUT2D eigenvalue weighted by Gasteiger charge is -2.08. The fourth-order valence-electron chi connectivity index (χ4n) is 3.02. The number of aromatic nitrogens is 3. The standard InChI is InChI=1S/C21H16F2N4O2S/c1-12-19-18(25-20(30-19)14-5-3-2-4-6-14)21(29)27(26-12)11-17(28)24-10-13-7-15(22)9-16(23)8-13/h2-9H,10-11H2,1H3,(H,24,28). The summed E-state index contributed by atoms with van der Waals surface area (Å²) in [7, 11) is 0. The Hall–Kier alpha value is -3.46. The summed E-state index contributed by atoms with van der Waals surface area (Å²) in [4.78, 5) is 29.5. The van der Waals surface area contributed by atoms with E-state index in [-0.39, 0.29) is 24.2 Å². The molecule has 0 aliphatic carbocycles. The minimum absolute atomic E-state index is 0.0711. The Balaban J connectivity index is 1.56. The van der Waals surface area contributed by atoms with Gasteiger partial charge in [-0.3, -0.25) is 9.59 Å². The number of nitrogens with zero attached hydrogens (tertiary/aromatic N) is 3. The quantitative estimate of drug-likeness (QED) is 0.531. The van der Waals surface area contributed by atoms with Crippen LogP contribution in [-0.4, -0.2) is 20.7 Å². The molecule has 0 spiro atoms. The molecule has 0 fully saturated rings. The largest absolute Gasteiger partial charge is 0.350 e. The summed E-state index contributed by atoms with van der Waals surface area (Å²) < 4.78 is 28.2. The highest BCUT2D eigenvalue weighted by atomic mass is 32.1. The van der Waals surface area contributed by atoms with Gasteiger partial charge in [-0.1, -0.05) is 30.3 Å². The van der Waals surface area contributed by atoms with Crippen molar-refractivity contribution in [1.29, 1.82) is 0 Å². The van der Waals surface area contributed by atoms with E-state index in [4.69, 9.17) is 0 Å². The number of carbonyl (C=O) groups excluding carboxylic acids is 1. The van der Waals surface area contributed by atoms with Gasteiger partial charge in [0.1, 0.15) is 23.2 Å². The second-order valence-corrected chi connectivity index (χ2v) is 7.66. The Morgan fingerprint density at radius 1 is 1.13 bits per heavy atom. The molecule has 1 amide bonds. The molecule has 152 valence electrons. The van der Waals surface area contributed by atoms with Gasteiger partial charge >= 0.3 is 0 Å². The average Bonchev–Trinajstić information content (AvgIpc) is 3.17. The lowest BCUT2D eigenvalue weighted by Crippen LogP contribution is -2.33. The summed E-state index contributed by atoms with van der Waals surface area (Å²) >= 11 is 1.37. The van der Waals surface area contributed by atoms with Gasteiger partial charge in [0.2, 0.25) is 5.91 Å². The van der Waals surface area contributed by atoms with Crippen molar-refractivity contribution in [2.75, 3.05) is 0 Å². The van der Waals surface area contributed by atoms with E-state index in [2.05, 4.69) is 15.4 Å². The van der Waals surface area contributed by atoms with Crippen LogP contribution in [0.4, 0.5) is 8.78 Å². The normalized spacial score (nSPS) is 11.0. The van der Waals surface area contributed by atoms with Crippen LogP contribution in [0.2, 0.25) is 0 Å². The van der Waals surface area contributed by atoms with Gasteiger partial charge in [0, 0.05) is 18.2 Å². The molecule has 0 aliphatic rings. The van der Waals surface area contributed by atoms with Crippen molar-refractivity contribution in [1.82, 2.24) is 20.1 Å². The van der Waals surface area contributed by atoms with Gasteiger partial charge < -0.3 is 5.32 Å². The van der Waals surface area contributed by atoms with Crippen molar-refractivity contribution in [3.8, 4) is 10.6 Å². The predicted molar refractivity (Wildman–Crippen MR) is 110 cm³/mol. The number of rotatable bonds is 5. The van der Waals surface area contributed by atoms with Crippen LogP contribution in [-0.2, 0) is 17.9 Å². The van der Waals surface area contributed by atoms with Gasteiger partial charge in [0.05, 0.1) is 10.4 Å². The summed E-state index contributed by atoms with van der Waals surface area (Å²) in [6, 6.07) is 12.5. The minimum atomic E-state index is -0.726. The topological polar surface area (TPSA) is 76.9 Å². The molecule has 0 atom stereocenters. The van der Waals surface area contributed by atoms with Gasteiger partial charge in [0.15, 0.2) is 5.52 Å². The van der Waals surface area contributed by atoms with Crippen molar-refractivity contribution >= 4 is 27.5 Å². The number of hydrogen-bond acceptors (Lipinski definition) is 5. The van der Waals surface area contributed by atoms with Gasteiger partial charge in [-0.25, -0.2) is 18.4 Å². The molecule has 1 N–H and O–H groups in total. The number of halogens is 2. The van der Waals surface area contributed by atoms with Crippen molar-refractivity contribution in [2.45, 2.75) is 20.0 Å². The smallest absolute Gasteiger partial charge is 0.294 e. The average molecular weight is 426 g/mol. The van der Waals surface area contributed by atoms with Crippen molar-refractivity contribution < 1.29 is 13.6 Å². The third kappa shape index (κ3) is 4.11. The second-order valence-electron chi connectivity index (χ2n) is 6.67. The molecule has 0 radical (unpaired) electrons. The summed E-state index contributed by atoms with van der Waals surface area (Å²) in [6.45, 7) is 1.35. The van der Waals surface area contributed by atoms with Crippen LogP contribution in [0, 0.1) is 18.6 Å². The Morgan fingerprint density at radius 2 is 1.83 bits per heavy atom. The molecule has 4 aromatic rings. The first-order valence-electron chi connectivity index (χ1n) is 9.06. The summed E-state index contributed by atoms with van der Waals surface area (Å²) in [5.41, 5.74) is 1.54. The molecule has 0 aliphatic heterocycles. The summed E-state index contributed by atoms with van der Waals surface area (Å²) in [5, 5.41) is 7.46. The number of fused-ring (bicyclic) bond motifs is 1. The van der Waals surface area contributed by atoms with Crippen LogP contribution < -0.4 is 10.9 Å². The van der Waals surface area contributed by atoms with E-state index in [1.807, 2.05) is 30.3 Å². The van der Waals surface area contributed by atoms with Crippen LogP contribution in [0.3, 0.4) is 0 Å². The molecule has 0 bridgehead atoms. The number of carbonyl (C=O) groups is 1. The third-order valence-corrected chi connectivity index (χ3v) is 5.60. The zero-order valence-electron chi connectivity index (χ0n) is 15.9. The minimum Gasteiger partial charge on any atom is -0.350 e. The van der Waals surface area contributed by atoms with Gasteiger partial charge in [-0.2, -0.15) is 5.10 Å². The summed E-state index contributed by atoms with van der Waals surface area (Å²) in [6.07, 6.45) is 0. The van der Waals surface area contributed by atoms with Crippen LogP contribution >= 0.6 is 11.3 Å². The molecule has 6 nitrogen and oxygen atoms in total. The van der Waals surface area contributed by atoms with E-state index in [0.717, 1.165) is 28.4 Å². The maximum atomic E-state index is 13.3. The molecule has 2 aromatic carbocycles. The van der Waals surface area contributed by atoms with Crippen molar-refractivity contribution in [2.24, 2.45) is 0 Å². The third-order valence-electron chi connectivity index (χ3n) is 4.39. The molecule has 9 heteroatoms. The molecular formula is C21H16F2N4O2S. The molecule has 0 unspecified atom stereocenters. The maximum absolute atomic E-state index is 13.3. The number of hydrogen-bond donors (Lipinski definition) is 1. The van der Waals surface area contributed by atoms with Crippen LogP contribution in [0.1, 0.15) is 11.3 Å². The van der Waals surface area contributed by atoms with E-state index in [0.29, 0.717) is 15.4 Å². The zero-order chi connectivity index (χ0) is 21.3. The fourth-order valence-corrected chi connectivity index (χ4v) is 4.02. The Bertz CT molecular complexity index is 1280. The SMILES string of the molecule is Cc1nn(CC(=O)NCc2cc(F)cc(F)c2)c(=O)c2nc(-c3ccccc3)sc12. The number of aryl methyl sites for hydroxylation is 1. The van der Waals surface area contributed by atoms with Crippen molar-refractivity contribution in [3.05, 3.63) is 81.8 Å². The number of thiazole rings is 1. The van der Waals surface area contributed by atoms with Gasteiger partial charge in [-0.15, -0.1) is 11.3 Å². The first-order chi connectivity index (χ1) is 14.4. The van der Waals surface area contributed by atoms with Gasteiger partial charge in [0.25, 0.3) is 5.56 Å². The molecule has 0 saturated carbocycles. The van der Waals surface area contributed by atoms with E-state index in [9.17, 15) is 18.4 Å². The monoisotopic (exact) mass is 426 g/mol. The molecule has 30 heavy (non-hydrogen) atoms. The molecule has 0 saturated heterocycles. The van der Waals surface area contributed by atoms with E-state index < -0.39 is 23.1 Å². The second kappa shape index (κ2) is 8.11. The number of benzene rings is 2. The Morgan fingerprint density at radius 3 is 2.53 bits per heavy atom. The highest BCUT2D eigenvalue weighted by molar-refractivity contribution is 7.21. The Labute approximate surface area is 173 Å². The summed E-state index contributed by atoms with van der Waals surface area (Å²) in [5.74, 6) is -1.96. The first kappa shape index (κ1) is 19.8. The van der Waals surface area contributed by atoms with Crippen LogP contribution in [0.25, 0.3) is 20.8 Å². The highest BCUT2D eigenvalue weighted by Crippen LogP contribution is 2.29. The van der Waals surface area contributed by atoms with E-state index >= 15 is 0 Å².